The molecule has 0 aromatic rings. The highest BCUT2D eigenvalue weighted by Crippen LogP contribution is 2.43. The van der Waals surface area contributed by atoms with Gasteiger partial charge in [0.25, 0.3) is 0 Å². The Morgan fingerprint density at radius 2 is 1.77 bits per heavy atom. The SMILES string of the molecule is CCCCCCCCC[C@H]1OC(O)C[C@@]1(C)CCC=C(C)C. The van der Waals surface area contributed by atoms with E-state index >= 15 is 0 Å². The van der Waals surface area contributed by atoms with Gasteiger partial charge in [-0.25, -0.2) is 0 Å². The molecular formula is C20H38O2. The van der Waals surface area contributed by atoms with Crippen LogP contribution in [0.3, 0.4) is 0 Å². The molecule has 2 heteroatoms. The summed E-state index contributed by atoms with van der Waals surface area (Å²) in [6, 6.07) is 0. The zero-order valence-corrected chi connectivity index (χ0v) is 15.4. The van der Waals surface area contributed by atoms with Gasteiger partial charge in [-0.3, -0.25) is 0 Å². The summed E-state index contributed by atoms with van der Waals surface area (Å²) in [5.74, 6) is 0. The lowest BCUT2D eigenvalue weighted by Gasteiger charge is -2.29. The third-order valence-corrected chi connectivity index (χ3v) is 5.08. The van der Waals surface area contributed by atoms with Crippen molar-refractivity contribution in [3.63, 3.8) is 0 Å². The van der Waals surface area contributed by atoms with E-state index in [1.165, 1.54) is 50.5 Å². The summed E-state index contributed by atoms with van der Waals surface area (Å²) in [6.07, 6.45) is 15.5. The molecule has 1 N–H and O–H groups in total. The number of aliphatic hydroxyl groups excluding tert-OH is 1. The zero-order chi connectivity index (χ0) is 16.4. The van der Waals surface area contributed by atoms with Crippen molar-refractivity contribution in [3.05, 3.63) is 11.6 Å². The number of ether oxygens (including phenoxy) is 1. The molecule has 22 heavy (non-hydrogen) atoms. The van der Waals surface area contributed by atoms with E-state index in [1.807, 2.05) is 0 Å². The first-order valence-electron chi connectivity index (χ1n) is 9.45. The van der Waals surface area contributed by atoms with Gasteiger partial charge < -0.3 is 9.84 Å². The summed E-state index contributed by atoms with van der Waals surface area (Å²) >= 11 is 0. The van der Waals surface area contributed by atoms with Crippen molar-refractivity contribution in [1.29, 1.82) is 0 Å². The Kier molecular flexibility index (Phi) is 9.35. The van der Waals surface area contributed by atoms with E-state index in [9.17, 15) is 5.11 Å². The highest BCUT2D eigenvalue weighted by atomic mass is 16.6. The van der Waals surface area contributed by atoms with E-state index in [4.69, 9.17) is 4.74 Å². The lowest BCUT2D eigenvalue weighted by molar-refractivity contribution is -0.0978. The predicted octanol–water partition coefficient (Wildman–Crippen LogP) is 5.99. The summed E-state index contributed by atoms with van der Waals surface area (Å²) in [5, 5.41) is 9.91. The number of aliphatic hydroxyl groups is 1. The number of hydrogen-bond donors (Lipinski definition) is 1. The van der Waals surface area contributed by atoms with E-state index in [2.05, 4.69) is 33.8 Å². The molecule has 2 nitrogen and oxygen atoms in total. The van der Waals surface area contributed by atoms with Crippen LogP contribution >= 0.6 is 0 Å². The molecule has 1 heterocycles. The predicted molar refractivity (Wildman–Crippen MR) is 94.9 cm³/mol. The van der Waals surface area contributed by atoms with Gasteiger partial charge in [0.05, 0.1) is 6.10 Å². The van der Waals surface area contributed by atoms with Crippen LogP contribution in [0, 0.1) is 5.41 Å². The number of allylic oxidation sites excluding steroid dienone is 2. The molecule has 0 aromatic heterocycles. The number of hydrogen-bond acceptors (Lipinski definition) is 2. The average molecular weight is 311 g/mol. The van der Waals surface area contributed by atoms with Gasteiger partial charge in [-0.05, 0) is 38.5 Å². The second-order valence-corrected chi connectivity index (χ2v) is 7.67. The van der Waals surface area contributed by atoms with Gasteiger partial charge in [-0.2, -0.15) is 0 Å². The van der Waals surface area contributed by atoms with Crippen LogP contribution in [-0.4, -0.2) is 17.5 Å². The van der Waals surface area contributed by atoms with Crippen molar-refractivity contribution < 1.29 is 9.84 Å². The normalized spacial score (nSPS) is 28.0. The van der Waals surface area contributed by atoms with Crippen molar-refractivity contribution in [2.24, 2.45) is 5.41 Å². The van der Waals surface area contributed by atoms with Crippen molar-refractivity contribution in [2.45, 2.75) is 111 Å². The van der Waals surface area contributed by atoms with Crippen LogP contribution in [0.1, 0.15) is 98.3 Å². The van der Waals surface area contributed by atoms with Gasteiger partial charge in [-0.15, -0.1) is 0 Å². The molecular weight excluding hydrogens is 272 g/mol. The molecule has 0 amide bonds. The van der Waals surface area contributed by atoms with Crippen LogP contribution in [-0.2, 0) is 4.74 Å². The molecule has 3 atom stereocenters. The van der Waals surface area contributed by atoms with E-state index in [0.29, 0.717) is 0 Å². The summed E-state index contributed by atoms with van der Waals surface area (Å²) in [4.78, 5) is 0. The zero-order valence-electron chi connectivity index (χ0n) is 15.4. The van der Waals surface area contributed by atoms with Crippen molar-refractivity contribution in [3.8, 4) is 0 Å². The molecule has 1 aliphatic heterocycles. The highest BCUT2D eigenvalue weighted by molar-refractivity contribution is 4.96. The van der Waals surface area contributed by atoms with Crippen molar-refractivity contribution >= 4 is 0 Å². The van der Waals surface area contributed by atoms with Crippen LogP contribution in [0.2, 0.25) is 0 Å². The van der Waals surface area contributed by atoms with Crippen LogP contribution in [0.5, 0.6) is 0 Å². The van der Waals surface area contributed by atoms with E-state index in [-0.39, 0.29) is 11.5 Å². The third kappa shape index (κ3) is 7.28. The largest absolute Gasteiger partial charge is 0.368 e. The second kappa shape index (κ2) is 10.4. The fourth-order valence-corrected chi connectivity index (χ4v) is 3.59. The Morgan fingerprint density at radius 1 is 1.14 bits per heavy atom. The van der Waals surface area contributed by atoms with Crippen LogP contribution in [0.15, 0.2) is 11.6 Å². The fraction of sp³-hybridized carbons (Fsp3) is 0.900. The molecule has 1 rings (SSSR count). The van der Waals surface area contributed by atoms with E-state index < -0.39 is 6.29 Å². The third-order valence-electron chi connectivity index (χ3n) is 5.08. The minimum absolute atomic E-state index is 0.146. The van der Waals surface area contributed by atoms with Crippen molar-refractivity contribution in [1.82, 2.24) is 0 Å². The Hall–Kier alpha value is -0.340. The summed E-state index contributed by atoms with van der Waals surface area (Å²) in [6.45, 7) is 8.86. The van der Waals surface area contributed by atoms with Gasteiger partial charge in [0.2, 0.25) is 0 Å². The highest BCUT2D eigenvalue weighted by Gasteiger charge is 2.43. The number of rotatable bonds is 11. The number of unbranched alkanes of at least 4 members (excludes halogenated alkanes) is 6. The average Bonchev–Trinajstić information content (AvgIpc) is 2.72. The standard InChI is InChI=1S/C20H38O2/c1-5-6-7-8-9-10-11-14-18-20(4,16-19(21)22-18)15-12-13-17(2)3/h13,18-19,21H,5-12,14-16H2,1-4H3/t18-,19?,20-/m1/s1. The summed E-state index contributed by atoms with van der Waals surface area (Å²) < 4.78 is 5.81. The molecule has 0 saturated carbocycles. The van der Waals surface area contributed by atoms with Crippen LogP contribution < -0.4 is 0 Å². The molecule has 0 aliphatic carbocycles. The van der Waals surface area contributed by atoms with Crippen molar-refractivity contribution in [2.75, 3.05) is 0 Å². The maximum atomic E-state index is 9.91. The molecule has 1 fully saturated rings. The lowest BCUT2D eigenvalue weighted by atomic mass is 9.77. The quantitative estimate of drug-likeness (QED) is 0.375. The molecule has 130 valence electrons. The minimum atomic E-state index is -0.550. The summed E-state index contributed by atoms with van der Waals surface area (Å²) in [5.41, 5.74) is 1.53. The second-order valence-electron chi connectivity index (χ2n) is 7.67. The van der Waals surface area contributed by atoms with Gasteiger partial charge in [0.15, 0.2) is 6.29 Å². The van der Waals surface area contributed by atoms with Gasteiger partial charge in [0.1, 0.15) is 0 Å². The van der Waals surface area contributed by atoms with Gasteiger partial charge >= 0.3 is 0 Å². The monoisotopic (exact) mass is 310 g/mol. The first-order valence-corrected chi connectivity index (χ1v) is 9.45. The molecule has 0 spiro atoms. The maximum absolute atomic E-state index is 9.91. The molecule has 1 aliphatic rings. The van der Waals surface area contributed by atoms with Gasteiger partial charge in [0, 0.05) is 6.42 Å². The Morgan fingerprint density at radius 3 is 2.41 bits per heavy atom. The van der Waals surface area contributed by atoms with E-state index in [0.717, 1.165) is 25.7 Å². The molecule has 1 saturated heterocycles. The minimum Gasteiger partial charge on any atom is -0.368 e. The maximum Gasteiger partial charge on any atom is 0.155 e. The lowest BCUT2D eigenvalue weighted by Crippen LogP contribution is -2.27. The fourth-order valence-electron chi connectivity index (χ4n) is 3.59. The molecule has 0 bridgehead atoms. The Balaban J connectivity index is 2.28. The van der Waals surface area contributed by atoms with Crippen LogP contribution in [0.4, 0.5) is 0 Å². The molecule has 0 radical (unpaired) electrons. The van der Waals surface area contributed by atoms with Gasteiger partial charge in [-0.1, -0.05) is 70.4 Å². The van der Waals surface area contributed by atoms with E-state index in [1.54, 1.807) is 0 Å². The van der Waals surface area contributed by atoms with Crippen LogP contribution in [0.25, 0.3) is 0 Å². The smallest absolute Gasteiger partial charge is 0.155 e. The molecule has 0 aromatic carbocycles. The topological polar surface area (TPSA) is 29.5 Å². The summed E-state index contributed by atoms with van der Waals surface area (Å²) in [7, 11) is 0. The molecule has 1 unspecified atom stereocenters. The Labute approximate surface area is 138 Å². The first kappa shape index (κ1) is 19.7. The first-order chi connectivity index (χ1) is 10.5. The Bertz CT molecular complexity index is 320.